The normalized spacial score (nSPS) is 17.4. The molecule has 0 bridgehead atoms. The molecule has 11 heteroatoms. The minimum Gasteiger partial charge on any atom is -0.497 e. The molecule has 1 saturated heterocycles. The lowest BCUT2D eigenvalue weighted by Crippen LogP contribution is -2.33. The molecule has 3 aromatic rings. The number of fused-ring (bicyclic) bond motifs is 1. The van der Waals surface area contributed by atoms with Gasteiger partial charge < -0.3 is 24.7 Å². The fourth-order valence-corrected chi connectivity index (χ4v) is 5.09. The van der Waals surface area contributed by atoms with E-state index in [0.29, 0.717) is 54.2 Å². The van der Waals surface area contributed by atoms with E-state index in [1.807, 2.05) is 0 Å². The van der Waals surface area contributed by atoms with E-state index in [9.17, 15) is 28.2 Å². The van der Waals surface area contributed by atoms with E-state index >= 15 is 0 Å². The molecule has 0 spiro atoms. The molecular weight excluding hydrogens is 489 g/mol. The first-order valence-electron chi connectivity index (χ1n) is 12.0. The molecule has 2 N–H and O–H groups in total. The van der Waals surface area contributed by atoms with Crippen LogP contribution in [0.2, 0.25) is 0 Å². The van der Waals surface area contributed by atoms with E-state index in [4.69, 9.17) is 4.74 Å². The van der Waals surface area contributed by atoms with E-state index in [0.717, 1.165) is 10.7 Å². The van der Waals surface area contributed by atoms with Crippen molar-refractivity contribution >= 4 is 11.4 Å². The van der Waals surface area contributed by atoms with Crippen molar-refractivity contribution in [1.29, 1.82) is 0 Å². The van der Waals surface area contributed by atoms with Crippen molar-refractivity contribution in [3.63, 3.8) is 0 Å². The summed E-state index contributed by atoms with van der Waals surface area (Å²) in [4.78, 5) is 17.2. The third-order valence-electron chi connectivity index (χ3n) is 6.87. The number of alkyl halides is 3. The Kier molecular flexibility index (Phi) is 6.59. The standard InChI is InChI=1S/C26H27F3N4O4/c1-37-19-4-2-3-16(13-19)23-20-8-10-31(11-12-34)24(20)25(36)33(30-23)22-14-17(32-9-7-18(35)15-32)5-6-21(22)26(27,28)29/h2-6,13-14,18,34-35H,7-12,15H2,1H3. The number of anilines is 2. The number of rotatable bonds is 6. The molecule has 37 heavy (non-hydrogen) atoms. The van der Waals surface area contributed by atoms with Crippen LogP contribution in [-0.4, -0.2) is 66.0 Å². The van der Waals surface area contributed by atoms with Gasteiger partial charge in [0, 0.05) is 43.0 Å². The average Bonchev–Trinajstić information content (AvgIpc) is 3.50. The number of halogens is 3. The molecule has 2 aromatic carbocycles. The van der Waals surface area contributed by atoms with Crippen LogP contribution in [0.1, 0.15) is 17.5 Å². The number of aliphatic hydroxyl groups excluding tert-OH is 2. The van der Waals surface area contributed by atoms with Crippen molar-refractivity contribution < 1.29 is 28.1 Å². The molecule has 0 amide bonds. The first-order chi connectivity index (χ1) is 17.7. The second-order valence-corrected chi connectivity index (χ2v) is 9.17. The second-order valence-electron chi connectivity index (χ2n) is 9.17. The number of hydrogen-bond acceptors (Lipinski definition) is 7. The first-order valence-corrected chi connectivity index (χ1v) is 12.0. The van der Waals surface area contributed by atoms with Crippen molar-refractivity contribution in [1.82, 2.24) is 9.78 Å². The molecule has 5 rings (SSSR count). The summed E-state index contributed by atoms with van der Waals surface area (Å²) < 4.78 is 48.7. The Morgan fingerprint density at radius 3 is 2.65 bits per heavy atom. The van der Waals surface area contributed by atoms with E-state index in [-0.39, 0.29) is 31.1 Å². The lowest BCUT2D eigenvalue weighted by Gasteiger charge is -2.23. The molecule has 0 radical (unpaired) electrons. The lowest BCUT2D eigenvalue weighted by atomic mass is 10.0. The maximum absolute atomic E-state index is 14.2. The van der Waals surface area contributed by atoms with Crippen LogP contribution in [0.4, 0.5) is 24.5 Å². The highest BCUT2D eigenvalue weighted by molar-refractivity contribution is 5.74. The summed E-state index contributed by atoms with van der Waals surface area (Å²) in [6, 6.07) is 10.6. The zero-order valence-corrected chi connectivity index (χ0v) is 20.2. The minimum atomic E-state index is -4.74. The zero-order chi connectivity index (χ0) is 26.3. The van der Waals surface area contributed by atoms with E-state index in [1.165, 1.54) is 19.2 Å². The highest BCUT2D eigenvalue weighted by Crippen LogP contribution is 2.38. The molecule has 1 unspecified atom stereocenters. The van der Waals surface area contributed by atoms with Crippen LogP contribution in [0.3, 0.4) is 0 Å². The van der Waals surface area contributed by atoms with Crippen LogP contribution in [-0.2, 0) is 12.6 Å². The Morgan fingerprint density at radius 2 is 1.97 bits per heavy atom. The summed E-state index contributed by atoms with van der Waals surface area (Å²) in [6.07, 6.45) is -4.34. The molecule has 0 aliphatic carbocycles. The van der Waals surface area contributed by atoms with Gasteiger partial charge in [-0.1, -0.05) is 12.1 Å². The molecule has 8 nitrogen and oxygen atoms in total. The lowest BCUT2D eigenvalue weighted by molar-refractivity contribution is -0.137. The van der Waals surface area contributed by atoms with Crippen molar-refractivity contribution in [3.05, 3.63) is 63.9 Å². The van der Waals surface area contributed by atoms with Crippen molar-refractivity contribution in [2.75, 3.05) is 49.7 Å². The van der Waals surface area contributed by atoms with Gasteiger partial charge in [-0.05, 0) is 43.2 Å². The number of ether oxygens (including phenoxy) is 1. The van der Waals surface area contributed by atoms with Crippen LogP contribution in [0, 0.1) is 0 Å². The number of methoxy groups -OCH3 is 1. The molecular formula is C26H27F3N4O4. The number of aromatic nitrogens is 2. The Labute approximate surface area is 211 Å². The highest BCUT2D eigenvalue weighted by Gasteiger charge is 2.37. The molecule has 2 aliphatic rings. The van der Waals surface area contributed by atoms with Crippen LogP contribution in [0.25, 0.3) is 16.9 Å². The van der Waals surface area contributed by atoms with E-state index in [1.54, 1.807) is 34.1 Å². The summed E-state index contributed by atoms with van der Waals surface area (Å²) >= 11 is 0. The molecule has 2 aliphatic heterocycles. The Hall–Kier alpha value is -3.57. The quantitative estimate of drug-likeness (QED) is 0.521. The van der Waals surface area contributed by atoms with Gasteiger partial charge in [0.05, 0.1) is 36.8 Å². The van der Waals surface area contributed by atoms with Gasteiger partial charge in [-0.25, -0.2) is 0 Å². The summed E-state index contributed by atoms with van der Waals surface area (Å²) in [5.74, 6) is 0.543. The SMILES string of the molecule is COc1cccc(-c2nn(-c3cc(N4CCC(O)C4)ccc3C(F)(F)F)c(=O)c3c2CCN3CCO)c1. The summed E-state index contributed by atoms with van der Waals surface area (Å²) in [6.45, 7) is 1.16. The van der Waals surface area contributed by atoms with Crippen LogP contribution in [0.15, 0.2) is 47.3 Å². The number of nitrogens with zero attached hydrogens (tertiary/aromatic N) is 4. The highest BCUT2D eigenvalue weighted by atomic mass is 19.4. The second kappa shape index (κ2) is 9.71. The van der Waals surface area contributed by atoms with Gasteiger partial charge in [-0.15, -0.1) is 0 Å². The Morgan fingerprint density at radius 1 is 1.16 bits per heavy atom. The van der Waals surface area contributed by atoms with Crippen molar-refractivity contribution in [3.8, 4) is 22.7 Å². The summed E-state index contributed by atoms with van der Waals surface area (Å²) in [5, 5.41) is 24.0. The smallest absolute Gasteiger partial charge is 0.418 e. The minimum absolute atomic E-state index is 0.168. The zero-order valence-electron chi connectivity index (χ0n) is 20.2. The van der Waals surface area contributed by atoms with Gasteiger partial charge in [0.15, 0.2) is 0 Å². The summed E-state index contributed by atoms with van der Waals surface area (Å²) in [7, 11) is 1.51. The monoisotopic (exact) mass is 516 g/mol. The van der Waals surface area contributed by atoms with Gasteiger partial charge in [-0.3, -0.25) is 4.79 Å². The van der Waals surface area contributed by atoms with Crippen LogP contribution < -0.4 is 20.1 Å². The average molecular weight is 517 g/mol. The maximum atomic E-state index is 14.2. The third kappa shape index (κ3) is 4.64. The first kappa shape index (κ1) is 25.1. The predicted octanol–water partition coefficient (Wildman–Crippen LogP) is 2.85. The Balaban J connectivity index is 1.77. The largest absolute Gasteiger partial charge is 0.497 e. The maximum Gasteiger partial charge on any atom is 0.418 e. The fraction of sp³-hybridized carbons (Fsp3) is 0.385. The molecule has 0 saturated carbocycles. The van der Waals surface area contributed by atoms with Gasteiger partial charge in [0.2, 0.25) is 0 Å². The molecule has 3 heterocycles. The molecule has 1 atom stereocenters. The van der Waals surface area contributed by atoms with Crippen molar-refractivity contribution in [2.24, 2.45) is 0 Å². The van der Waals surface area contributed by atoms with Crippen LogP contribution >= 0.6 is 0 Å². The van der Waals surface area contributed by atoms with Crippen molar-refractivity contribution in [2.45, 2.75) is 25.1 Å². The molecule has 196 valence electrons. The van der Waals surface area contributed by atoms with Gasteiger partial charge in [0.25, 0.3) is 5.56 Å². The van der Waals surface area contributed by atoms with E-state index < -0.39 is 23.4 Å². The molecule has 1 aromatic heterocycles. The number of benzene rings is 2. The number of aliphatic hydroxyl groups is 2. The predicted molar refractivity (Wildman–Crippen MR) is 133 cm³/mol. The topological polar surface area (TPSA) is 91.1 Å². The molecule has 1 fully saturated rings. The summed E-state index contributed by atoms with van der Waals surface area (Å²) in [5.41, 5.74) is 0.229. The van der Waals surface area contributed by atoms with Gasteiger partial charge in [-0.2, -0.15) is 23.0 Å². The van der Waals surface area contributed by atoms with Crippen LogP contribution in [0.5, 0.6) is 5.75 Å². The van der Waals surface area contributed by atoms with Gasteiger partial charge >= 0.3 is 6.18 Å². The van der Waals surface area contributed by atoms with E-state index in [2.05, 4.69) is 5.10 Å². The fourth-order valence-electron chi connectivity index (χ4n) is 5.09. The number of β-amino-alcohol motifs (C(OH)–C–C–N with tert-alkyl or cyclic N) is 2. The van der Waals surface area contributed by atoms with Gasteiger partial charge in [0.1, 0.15) is 11.4 Å². The third-order valence-corrected chi connectivity index (χ3v) is 6.87. The Bertz CT molecular complexity index is 1370. The number of hydrogen-bond donors (Lipinski definition) is 2.